The van der Waals surface area contributed by atoms with Gasteiger partial charge in [-0.25, -0.2) is 0 Å². The Bertz CT molecular complexity index is 251. The molecule has 0 aliphatic rings. The second-order valence-electron chi connectivity index (χ2n) is 3.11. The molecule has 0 radical (unpaired) electrons. The van der Waals surface area contributed by atoms with Gasteiger partial charge in [-0.05, 0) is 0 Å². The summed E-state index contributed by atoms with van der Waals surface area (Å²) in [7, 11) is 0. The van der Waals surface area contributed by atoms with Crippen molar-refractivity contribution < 1.29 is 33.7 Å². The second-order valence-corrected chi connectivity index (χ2v) is 4.43. The SMILES string of the molecule is C=CCCCCN([P]=[Fe])C(C)C.[C-]#[O+].[C-]#[O+].[C-]#[O+].[C-]#[O+]. The van der Waals surface area contributed by atoms with Crippen molar-refractivity contribution in [3.05, 3.63) is 39.3 Å². The molecule has 0 bridgehead atoms. The molecular weight excluding hydrogens is 321 g/mol. The predicted molar refractivity (Wildman–Crippen MR) is 68.5 cm³/mol. The van der Waals surface area contributed by atoms with Crippen molar-refractivity contribution in [2.75, 3.05) is 6.54 Å². The van der Waals surface area contributed by atoms with Crippen LogP contribution in [-0.4, -0.2) is 17.3 Å². The average molecular weight is 339 g/mol. The Balaban J connectivity index is -0.0000000799. The molecule has 0 heterocycles. The number of rotatable bonds is 7. The van der Waals surface area contributed by atoms with Gasteiger partial charge in [0, 0.05) is 0 Å². The summed E-state index contributed by atoms with van der Waals surface area (Å²) in [6.45, 7) is 28.4. The van der Waals surface area contributed by atoms with Crippen molar-refractivity contribution in [2.45, 2.75) is 39.2 Å². The minimum absolute atomic E-state index is 0.618. The van der Waals surface area contributed by atoms with E-state index in [-0.39, 0.29) is 0 Å². The fourth-order valence-electron chi connectivity index (χ4n) is 0.938. The number of hydrogen-bond donors (Lipinski definition) is 0. The summed E-state index contributed by atoms with van der Waals surface area (Å²) in [5, 5.41) is 0. The summed E-state index contributed by atoms with van der Waals surface area (Å²) >= 11 is 3.88. The molecule has 0 N–H and O–H groups in total. The molecule has 0 aliphatic carbocycles. The average Bonchev–Trinajstić information content (AvgIpc) is 2.55. The van der Waals surface area contributed by atoms with Crippen molar-refractivity contribution in [1.29, 1.82) is 0 Å². The predicted octanol–water partition coefficient (Wildman–Crippen LogP) is 3.23. The molecule has 0 rings (SSSR count). The summed E-state index contributed by atoms with van der Waals surface area (Å²) in [6.07, 6.45) is 5.64. The van der Waals surface area contributed by atoms with Crippen molar-refractivity contribution >= 4 is 6.98 Å². The first kappa shape index (κ1) is 31.7. The fraction of sp³-hybridized carbons (Fsp3) is 0.538. The number of unbranched alkanes of at least 4 members (excludes halogenated alkanes) is 2. The maximum absolute atomic E-state index is 7.50. The van der Waals surface area contributed by atoms with E-state index in [2.05, 4.69) is 66.8 Å². The van der Waals surface area contributed by atoms with Gasteiger partial charge in [-0.1, -0.05) is 0 Å². The summed E-state index contributed by atoms with van der Waals surface area (Å²) in [5.41, 5.74) is 0. The first-order valence-electron chi connectivity index (χ1n) is 5.22. The minimum atomic E-state index is 0.618. The zero-order valence-corrected chi connectivity index (χ0v) is 13.6. The van der Waals surface area contributed by atoms with Crippen LogP contribution in [0.5, 0.6) is 0 Å². The summed E-state index contributed by atoms with van der Waals surface area (Å²) in [6, 6.07) is 0.618. The standard InChI is InChI=1S/C9H18NP.4CO.Fe/c1-4-5-6-7-8-10(11)9(2)3;4*1-2;/h4,9H,1,5-8H2,2-3H3;;;;;. The van der Waals surface area contributed by atoms with Gasteiger partial charge in [0.05, 0.1) is 0 Å². The van der Waals surface area contributed by atoms with Crippen molar-refractivity contribution in [3.8, 4) is 0 Å². The van der Waals surface area contributed by atoms with Gasteiger partial charge in [-0.2, -0.15) is 0 Å². The van der Waals surface area contributed by atoms with E-state index in [1.54, 1.807) is 0 Å². The molecule has 0 saturated heterocycles. The van der Waals surface area contributed by atoms with Gasteiger partial charge in [0.2, 0.25) is 0 Å². The van der Waals surface area contributed by atoms with Crippen molar-refractivity contribution in [2.24, 2.45) is 0 Å². The number of hydrogen-bond acceptors (Lipinski definition) is 1. The molecule has 0 aliphatic heterocycles. The van der Waals surface area contributed by atoms with E-state index < -0.39 is 0 Å². The van der Waals surface area contributed by atoms with Crippen LogP contribution in [0.2, 0.25) is 0 Å². The summed E-state index contributed by atoms with van der Waals surface area (Å²) in [5.74, 6) is 0. The van der Waals surface area contributed by atoms with Gasteiger partial charge in [-0.15, -0.1) is 0 Å². The molecule has 112 valence electrons. The van der Waals surface area contributed by atoms with Gasteiger partial charge in [0.25, 0.3) is 0 Å². The van der Waals surface area contributed by atoms with Crippen molar-refractivity contribution in [3.63, 3.8) is 0 Å². The molecular formula is C13H18FeNO4P. The van der Waals surface area contributed by atoms with E-state index in [0.717, 1.165) is 19.9 Å². The molecule has 20 heavy (non-hydrogen) atoms. The van der Waals surface area contributed by atoms with Crippen LogP contribution in [0, 0.1) is 26.6 Å². The van der Waals surface area contributed by atoms with Crippen LogP contribution in [0.15, 0.2) is 12.7 Å². The van der Waals surface area contributed by atoms with Crippen LogP contribution in [0.4, 0.5) is 0 Å². The van der Waals surface area contributed by atoms with Crippen LogP contribution >= 0.6 is 6.98 Å². The Morgan fingerprint density at radius 3 is 1.70 bits per heavy atom. The van der Waals surface area contributed by atoms with Gasteiger partial charge in [-0.3, -0.25) is 0 Å². The Hall–Kier alpha value is -0.521. The third kappa shape index (κ3) is 36.0. The first-order valence-corrected chi connectivity index (χ1v) is 7.42. The Labute approximate surface area is 130 Å². The van der Waals surface area contributed by atoms with E-state index in [0.29, 0.717) is 6.04 Å². The molecule has 0 atom stereocenters. The number of allylic oxidation sites excluding steroid dienone is 1. The fourth-order valence-corrected chi connectivity index (χ4v) is 2.41. The summed E-state index contributed by atoms with van der Waals surface area (Å²) < 4.78 is 32.4. The van der Waals surface area contributed by atoms with Gasteiger partial charge >= 0.3 is 130 Å². The van der Waals surface area contributed by atoms with E-state index in [1.807, 2.05) is 6.08 Å². The molecule has 0 fully saturated rings. The first-order chi connectivity index (χ1) is 9.72. The molecule has 0 aromatic heterocycles. The zero-order valence-electron chi connectivity index (χ0n) is 11.6. The molecule has 0 unspecified atom stereocenters. The van der Waals surface area contributed by atoms with Crippen LogP contribution in [0.3, 0.4) is 0 Å². The van der Waals surface area contributed by atoms with Crippen LogP contribution in [0.25, 0.3) is 0 Å². The molecule has 0 saturated carbocycles. The Kier molecular flexibility index (Phi) is 68.0. The topological polar surface area (TPSA) is 82.8 Å². The monoisotopic (exact) mass is 339 g/mol. The molecule has 0 aromatic rings. The molecule has 7 heteroatoms. The molecule has 0 amide bonds. The second kappa shape index (κ2) is 42.8. The van der Waals surface area contributed by atoms with E-state index in [9.17, 15) is 0 Å². The van der Waals surface area contributed by atoms with Crippen LogP contribution < -0.4 is 0 Å². The van der Waals surface area contributed by atoms with Gasteiger partial charge < -0.3 is 0 Å². The van der Waals surface area contributed by atoms with Crippen LogP contribution in [-0.2, 0) is 33.7 Å². The molecule has 0 aromatic carbocycles. The van der Waals surface area contributed by atoms with E-state index in [1.165, 1.54) is 12.8 Å². The van der Waals surface area contributed by atoms with Gasteiger partial charge in [0.15, 0.2) is 0 Å². The molecule has 5 nitrogen and oxygen atoms in total. The number of nitrogens with zero attached hydrogens (tertiary/aromatic N) is 1. The Morgan fingerprint density at radius 2 is 1.45 bits per heavy atom. The quantitative estimate of drug-likeness (QED) is 0.175. The van der Waals surface area contributed by atoms with E-state index in [4.69, 9.17) is 18.6 Å². The summed E-state index contributed by atoms with van der Waals surface area (Å²) in [4.78, 5) is 0. The zero-order chi connectivity index (χ0) is 17.4. The normalized spacial score (nSPS) is 7.25. The third-order valence-corrected chi connectivity index (χ3v) is 3.43. The van der Waals surface area contributed by atoms with Crippen molar-refractivity contribution in [1.82, 2.24) is 4.67 Å². The van der Waals surface area contributed by atoms with E-state index >= 15 is 0 Å². The van der Waals surface area contributed by atoms with Crippen LogP contribution in [0.1, 0.15) is 33.1 Å². The molecule has 0 spiro atoms. The maximum atomic E-state index is 7.50. The van der Waals surface area contributed by atoms with Gasteiger partial charge in [0.1, 0.15) is 0 Å². The Morgan fingerprint density at radius 1 is 1.05 bits per heavy atom. The third-order valence-electron chi connectivity index (χ3n) is 1.73.